The Hall–Kier alpha value is -1.66. The number of nitrogens with one attached hydrogen (secondary N) is 1. The Bertz CT molecular complexity index is 1140. The van der Waals surface area contributed by atoms with Gasteiger partial charge in [0.15, 0.2) is 0 Å². The van der Waals surface area contributed by atoms with E-state index in [9.17, 15) is 19.8 Å². The molecule has 0 bridgehead atoms. The Morgan fingerprint density at radius 3 is 1.10 bits per heavy atom. The van der Waals surface area contributed by atoms with E-state index in [1.165, 1.54) is 283 Å². The third kappa shape index (κ3) is 59.4. The summed E-state index contributed by atoms with van der Waals surface area (Å²) in [6, 6.07) is -0.544. The van der Waals surface area contributed by atoms with Crippen LogP contribution in [0.25, 0.3) is 0 Å². The number of carbonyl (C=O) groups excluding carboxylic acids is 2. The summed E-state index contributed by atoms with van der Waals surface area (Å²) in [7, 11) is 0. The Labute approximate surface area is 456 Å². The minimum Gasteiger partial charge on any atom is -0.466 e. The van der Waals surface area contributed by atoms with Crippen molar-refractivity contribution in [2.24, 2.45) is 0 Å². The van der Waals surface area contributed by atoms with Crippen molar-refractivity contribution in [2.75, 3.05) is 13.2 Å². The van der Waals surface area contributed by atoms with E-state index in [2.05, 4.69) is 43.5 Å². The Kier molecular flexibility index (Phi) is 61.4. The lowest BCUT2D eigenvalue weighted by atomic mass is 10.0. The van der Waals surface area contributed by atoms with Crippen molar-refractivity contribution in [3.63, 3.8) is 0 Å². The van der Waals surface area contributed by atoms with E-state index in [0.717, 1.165) is 51.4 Å². The maximum absolute atomic E-state index is 12.5. The standard InChI is InChI=1S/C67H129NO5/c1-3-5-7-9-11-13-15-17-18-19-20-21-22-23-26-29-32-36-39-43-47-51-55-59-65(70)64(63-69)68-66(71)60-56-52-48-44-40-37-33-30-27-24-25-28-31-34-38-42-46-50-54-58-62-73-67(72)61-57-53-49-45-41-35-16-14-12-10-8-6-4-2/h8,10,14,16,64-65,69-70H,3-7,9,11-13,15,17-63H2,1-2H3,(H,68,71)/b10-8-,16-14-. The van der Waals surface area contributed by atoms with Crippen LogP contribution in [-0.2, 0) is 14.3 Å². The molecule has 1 amide bonds. The van der Waals surface area contributed by atoms with Crippen LogP contribution >= 0.6 is 0 Å². The molecule has 432 valence electrons. The number of unbranched alkanes of at least 4 members (excludes halogenated alkanes) is 47. The molecule has 3 N–H and O–H groups in total. The molecule has 0 aliphatic rings. The molecule has 0 fully saturated rings. The van der Waals surface area contributed by atoms with Gasteiger partial charge in [0.1, 0.15) is 0 Å². The summed E-state index contributed by atoms with van der Waals surface area (Å²) >= 11 is 0. The molecule has 0 aromatic heterocycles. The molecule has 0 heterocycles. The Morgan fingerprint density at radius 2 is 0.712 bits per heavy atom. The molecule has 73 heavy (non-hydrogen) atoms. The maximum Gasteiger partial charge on any atom is 0.305 e. The molecule has 0 aliphatic carbocycles. The van der Waals surface area contributed by atoms with E-state index < -0.39 is 12.1 Å². The number of carbonyl (C=O) groups is 2. The molecule has 0 saturated heterocycles. The molecule has 0 aromatic rings. The van der Waals surface area contributed by atoms with Gasteiger partial charge in [-0.2, -0.15) is 0 Å². The highest BCUT2D eigenvalue weighted by molar-refractivity contribution is 5.76. The van der Waals surface area contributed by atoms with Gasteiger partial charge in [0.2, 0.25) is 5.91 Å². The molecule has 0 aromatic carbocycles. The second-order valence-electron chi connectivity index (χ2n) is 22.8. The minimum atomic E-state index is -0.667. The molecular formula is C67H129NO5. The number of aliphatic hydroxyl groups is 2. The maximum atomic E-state index is 12.5. The van der Waals surface area contributed by atoms with Gasteiger partial charge >= 0.3 is 5.97 Å². The number of ether oxygens (including phenoxy) is 1. The van der Waals surface area contributed by atoms with Crippen molar-refractivity contribution < 1.29 is 24.5 Å². The molecule has 0 aliphatic heterocycles. The van der Waals surface area contributed by atoms with E-state index >= 15 is 0 Å². The highest BCUT2D eigenvalue weighted by Crippen LogP contribution is 2.19. The van der Waals surface area contributed by atoms with Crippen LogP contribution in [0, 0.1) is 0 Å². The van der Waals surface area contributed by atoms with Crippen LogP contribution in [0.15, 0.2) is 24.3 Å². The quantitative estimate of drug-likeness (QED) is 0.0320. The summed E-state index contributed by atoms with van der Waals surface area (Å²) in [6.45, 7) is 4.91. The zero-order chi connectivity index (χ0) is 52.9. The first-order valence-electron chi connectivity index (χ1n) is 33.1. The van der Waals surface area contributed by atoms with E-state index in [-0.39, 0.29) is 18.5 Å². The van der Waals surface area contributed by atoms with Crippen LogP contribution in [-0.4, -0.2) is 47.4 Å². The normalized spacial score (nSPS) is 12.7. The second-order valence-corrected chi connectivity index (χ2v) is 22.8. The predicted octanol–water partition coefficient (Wildman–Crippen LogP) is 21.0. The molecule has 2 atom stereocenters. The highest BCUT2D eigenvalue weighted by atomic mass is 16.5. The van der Waals surface area contributed by atoms with E-state index in [1.807, 2.05) is 0 Å². The lowest BCUT2D eigenvalue weighted by Crippen LogP contribution is -2.45. The number of aliphatic hydroxyl groups excluding tert-OH is 2. The lowest BCUT2D eigenvalue weighted by molar-refractivity contribution is -0.143. The van der Waals surface area contributed by atoms with Crippen LogP contribution in [0.2, 0.25) is 0 Å². The van der Waals surface area contributed by atoms with Crippen LogP contribution in [0.4, 0.5) is 0 Å². The number of hydrogen-bond donors (Lipinski definition) is 3. The zero-order valence-corrected chi connectivity index (χ0v) is 49.4. The molecule has 0 saturated carbocycles. The smallest absolute Gasteiger partial charge is 0.305 e. The fourth-order valence-corrected chi connectivity index (χ4v) is 10.4. The number of amides is 1. The van der Waals surface area contributed by atoms with Crippen molar-refractivity contribution in [3.8, 4) is 0 Å². The molecule has 6 heteroatoms. The summed E-state index contributed by atoms with van der Waals surface area (Å²) in [4.78, 5) is 24.6. The van der Waals surface area contributed by atoms with Crippen LogP contribution in [0.5, 0.6) is 0 Å². The average Bonchev–Trinajstić information content (AvgIpc) is 3.39. The van der Waals surface area contributed by atoms with Gasteiger partial charge in [0.05, 0.1) is 25.4 Å². The van der Waals surface area contributed by atoms with Gasteiger partial charge in [0, 0.05) is 12.8 Å². The van der Waals surface area contributed by atoms with Crippen molar-refractivity contribution in [2.45, 2.75) is 379 Å². The average molecular weight is 1030 g/mol. The number of hydrogen-bond acceptors (Lipinski definition) is 5. The van der Waals surface area contributed by atoms with Gasteiger partial charge in [0.25, 0.3) is 0 Å². The van der Waals surface area contributed by atoms with Gasteiger partial charge in [-0.3, -0.25) is 9.59 Å². The fraction of sp³-hybridized carbons (Fsp3) is 0.910. The summed E-state index contributed by atoms with van der Waals surface area (Å²) in [5.41, 5.74) is 0. The zero-order valence-electron chi connectivity index (χ0n) is 49.4. The fourth-order valence-electron chi connectivity index (χ4n) is 10.4. The first kappa shape index (κ1) is 71.3. The van der Waals surface area contributed by atoms with Gasteiger partial charge in [-0.25, -0.2) is 0 Å². The highest BCUT2D eigenvalue weighted by Gasteiger charge is 2.20. The van der Waals surface area contributed by atoms with Gasteiger partial charge in [-0.1, -0.05) is 327 Å². The summed E-state index contributed by atoms with van der Waals surface area (Å²) in [6.07, 6.45) is 77.7. The number of rotatable bonds is 62. The summed E-state index contributed by atoms with van der Waals surface area (Å²) < 4.78 is 5.47. The van der Waals surface area contributed by atoms with Crippen LogP contribution in [0.1, 0.15) is 367 Å². The van der Waals surface area contributed by atoms with E-state index in [4.69, 9.17) is 4.74 Å². The SMILES string of the molecule is CCC/C=C\C/C=C\CCCCCCCC(=O)OCCCCCCCCCCCCCCCCCCCCCCC(=O)NC(CO)C(O)CCCCCCCCCCCCCCCCCCCCCCCCC. The van der Waals surface area contributed by atoms with E-state index in [1.54, 1.807) is 0 Å². The molecule has 6 nitrogen and oxygen atoms in total. The first-order valence-corrected chi connectivity index (χ1v) is 33.1. The van der Waals surface area contributed by atoms with Crippen molar-refractivity contribution in [3.05, 3.63) is 24.3 Å². The second kappa shape index (κ2) is 62.9. The number of allylic oxidation sites excluding steroid dienone is 4. The van der Waals surface area contributed by atoms with Crippen molar-refractivity contribution in [1.29, 1.82) is 0 Å². The molecule has 2 unspecified atom stereocenters. The molecular weight excluding hydrogens is 899 g/mol. The first-order chi connectivity index (χ1) is 36.0. The third-order valence-electron chi connectivity index (χ3n) is 15.5. The van der Waals surface area contributed by atoms with Gasteiger partial charge < -0.3 is 20.3 Å². The Balaban J connectivity index is 3.40. The topological polar surface area (TPSA) is 95.9 Å². The molecule has 0 spiro atoms. The lowest BCUT2D eigenvalue weighted by Gasteiger charge is -2.22. The van der Waals surface area contributed by atoms with Crippen LogP contribution in [0.3, 0.4) is 0 Å². The largest absolute Gasteiger partial charge is 0.466 e. The predicted molar refractivity (Wildman–Crippen MR) is 320 cm³/mol. The van der Waals surface area contributed by atoms with E-state index in [0.29, 0.717) is 25.9 Å². The van der Waals surface area contributed by atoms with Crippen molar-refractivity contribution in [1.82, 2.24) is 5.32 Å². The monoisotopic (exact) mass is 1030 g/mol. The van der Waals surface area contributed by atoms with Gasteiger partial charge in [-0.05, 0) is 51.4 Å². The minimum absolute atomic E-state index is 0.00392. The summed E-state index contributed by atoms with van der Waals surface area (Å²) in [5, 5.41) is 23.4. The van der Waals surface area contributed by atoms with Crippen molar-refractivity contribution >= 4 is 11.9 Å². The molecule has 0 radical (unpaired) electrons. The molecule has 0 rings (SSSR count). The summed E-state index contributed by atoms with van der Waals surface area (Å²) in [5.74, 6) is -0.0369. The Morgan fingerprint density at radius 1 is 0.384 bits per heavy atom. The third-order valence-corrected chi connectivity index (χ3v) is 15.5. The number of esters is 1. The van der Waals surface area contributed by atoms with Crippen LogP contribution < -0.4 is 5.32 Å². The van der Waals surface area contributed by atoms with Gasteiger partial charge in [-0.15, -0.1) is 0 Å².